The predicted molar refractivity (Wildman–Crippen MR) is 74.8 cm³/mol. The monoisotopic (exact) mass is 361 g/mol. The van der Waals surface area contributed by atoms with Gasteiger partial charge >= 0.3 is 0 Å². The van der Waals surface area contributed by atoms with Crippen LogP contribution in [0.15, 0.2) is 16.7 Å². The van der Waals surface area contributed by atoms with Crippen LogP contribution in [0.4, 0.5) is 4.39 Å². The van der Waals surface area contributed by atoms with Gasteiger partial charge in [-0.1, -0.05) is 0 Å². The van der Waals surface area contributed by atoms with Gasteiger partial charge in [0.2, 0.25) is 5.95 Å². The molecule has 1 atom stereocenters. The second-order valence-corrected chi connectivity index (χ2v) is 8.49. The highest BCUT2D eigenvalue weighted by Gasteiger charge is 2.56. The number of sulfone groups is 1. The molecule has 2 rings (SSSR count). The molecule has 1 aliphatic carbocycles. The van der Waals surface area contributed by atoms with E-state index in [1.807, 2.05) is 6.07 Å². The lowest BCUT2D eigenvalue weighted by molar-refractivity contribution is 0.474. The Kier molecular flexibility index (Phi) is 3.65. The van der Waals surface area contributed by atoms with Crippen LogP contribution in [0.5, 0.6) is 0 Å². The van der Waals surface area contributed by atoms with E-state index in [1.165, 1.54) is 19.2 Å². The fourth-order valence-corrected chi connectivity index (χ4v) is 4.46. The van der Waals surface area contributed by atoms with Gasteiger partial charge < -0.3 is 5.73 Å². The van der Waals surface area contributed by atoms with Crippen molar-refractivity contribution in [2.24, 2.45) is 5.73 Å². The first-order valence-corrected chi connectivity index (χ1v) is 8.32. The van der Waals surface area contributed by atoms with E-state index in [0.717, 1.165) is 0 Å². The molecule has 0 saturated heterocycles. The molecule has 1 heterocycles. The number of aromatic nitrogens is 1. The molecule has 1 aliphatic rings. The van der Waals surface area contributed by atoms with E-state index in [4.69, 9.17) is 11.0 Å². The minimum absolute atomic E-state index is 0.00388. The van der Waals surface area contributed by atoms with Crippen LogP contribution in [-0.2, 0) is 15.4 Å². The third-order valence-corrected chi connectivity index (χ3v) is 6.52. The number of rotatable bonds is 4. The summed E-state index contributed by atoms with van der Waals surface area (Å²) in [5.74, 6) is -1.31. The molecule has 0 aromatic carbocycles. The van der Waals surface area contributed by atoms with Gasteiger partial charge in [-0.15, -0.1) is 0 Å². The number of nitrogens with two attached hydrogens (primary N) is 1. The van der Waals surface area contributed by atoms with Crippen molar-refractivity contribution in [3.8, 4) is 6.07 Å². The highest BCUT2D eigenvalue weighted by molar-refractivity contribution is 9.10. The summed E-state index contributed by atoms with van der Waals surface area (Å²) in [5.41, 5.74) is 4.54. The van der Waals surface area contributed by atoms with Gasteiger partial charge in [0, 0.05) is 16.2 Å². The molecule has 1 fully saturated rings. The van der Waals surface area contributed by atoms with E-state index in [9.17, 15) is 12.8 Å². The largest absolute Gasteiger partial charge is 0.321 e. The Morgan fingerprint density at radius 3 is 2.75 bits per heavy atom. The van der Waals surface area contributed by atoms with Crippen molar-refractivity contribution in [3.63, 3.8) is 0 Å². The maximum atomic E-state index is 13.8. The van der Waals surface area contributed by atoms with Gasteiger partial charge in [0.05, 0.1) is 17.4 Å². The summed E-state index contributed by atoms with van der Waals surface area (Å²) >= 11 is 3.15. The molecule has 1 saturated carbocycles. The molecule has 0 spiro atoms. The van der Waals surface area contributed by atoms with Crippen LogP contribution in [-0.4, -0.2) is 23.9 Å². The minimum atomic E-state index is -3.73. The molecule has 20 heavy (non-hydrogen) atoms. The van der Waals surface area contributed by atoms with Crippen molar-refractivity contribution in [2.75, 3.05) is 5.75 Å². The molecular formula is C12H13BrFN3O2S. The molecule has 8 heteroatoms. The zero-order valence-corrected chi connectivity index (χ0v) is 13.1. The number of nitriles is 1. The van der Waals surface area contributed by atoms with Gasteiger partial charge in [-0.3, -0.25) is 0 Å². The van der Waals surface area contributed by atoms with E-state index < -0.39 is 31.8 Å². The predicted octanol–water partition coefficient (Wildman–Crippen LogP) is 1.63. The second-order valence-electron chi connectivity index (χ2n) is 5.27. The average molecular weight is 362 g/mol. The maximum Gasteiger partial charge on any atom is 0.217 e. The molecular weight excluding hydrogens is 349 g/mol. The summed E-state index contributed by atoms with van der Waals surface area (Å²) in [7, 11) is -3.73. The zero-order valence-electron chi connectivity index (χ0n) is 10.7. The fraction of sp³-hybridized carbons (Fsp3) is 0.500. The fourth-order valence-electron chi connectivity index (χ4n) is 2.04. The Labute approximate surface area is 125 Å². The molecule has 1 aromatic rings. The van der Waals surface area contributed by atoms with E-state index in [-0.39, 0.29) is 5.56 Å². The van der Waals surface area contributed by atoms with E-state index in [1.54, 1.807) is 0 Å². The lowest BCUT2D eigenvalue weighted by Crippen LogP contribution is -2.44. The summed E-state index contributed by atoms with van der Waals surface area (Å²) in [4.78, 5) is 3.52. The Hall–Kier alpha value is -1.04. The molecule has 0 aliphatic heterocycles. The normalized spacial score (nSPS) is 19.9. The zero-order chi connectivity index (χ0) is 15.2. The van der Waals surface area contributed by atoms with Gasteiger partial charge in [-0.05, 0) is 41.8 Å². The van der Waals surface area contributed by atoms with Crippen molar-refractivity contribution >= 4 is 25.8 Å². The van der Waals surface area contributed by atoms with Crippen molar-refractivity contribution in [2.45, 2.75) is 30.1 Å². The molecule has 0 amide bonds. The lowest BCUT2D eigenvalue weighted by atomic mass is 9.97. The smallest absolute Gasteiger partial charge is 0.217 e. The van der Waals surface area contributed by atoms with Gasteiger partial charge in [0.1, 0.15) is 0 Å². The molecule has 1 aromatic heterocycles. The molecule has 1 unspecified atom stereocenters. The molecule has 0 radical (unpaired) electrons. The SMILES string of the molecule is CC(N)(CS(=O)(=O)C1(C#N)CC1)c1cc(Br)cnc1F. The molecule has 5 nitrogen and oxygen atoms in total. The van der Waals surface area contributed by atoms with Crippen LogP contribution < -0.4 is 5.73 Å². The first-order chi connectivity index (χ1) is 9.13. The van der Waals surface area contributed by atoms with Crippen LogP contribution in [0.1, 0.15) is 25.3 Å². The van der Waals surface area contributed by atoms with Crippen LogP contribution in [0.25, 0.3) is 0 Å². The van der Waals surface area contributed by atoms with E-state index >= 15 is 0 Å². The van der Waals surface area contributed by atoms with Gasteiger partial charge in [-0.25, -0.2) is 13.4 Å². The lowest BCUT2D eigenvalue weighted by Gasteiger charge is -2.26. The summed E-state index contributed by atoms with van der Waals surface area (Å²) in [6, 6.07) is 3.24. The number of halogens is 2. The number of hydrogen-bond donors (Lipinski definition) is 1. The highest BCUT2D eigenvalue weighted by Crippen LogP contribution is 2.44. The second kappa shape index (κ2) is 4.76. The summed E-state index contributed by atoms with van der Waals surface area (Å²) in [5, 5.41) is 8.99. The summed E-state index contributed by atoms with van der Waals surface area (Å²) < 4.78 is 37.5. The molecule has 108 valence electrons. The molecule has 2 N–H and O–H groups in total. The third kappa shape index (κ3) is 2.57. The van der Waals surface area contributed by atoms with Gasteiger partial charge in [-0.2, -0.15) is 9.65 Å². The third-order valence-electron chi connectivity index (χ3n) is 3.41. The van der Waals surface area contributed by atoms with Gasteiger partial charge in [0.25, 0.3) is 0 Å². The first-order valence-electron chi connectivity index (χ1n) is 5.87. The Morgan fingerprint density at radius 2 is 2.25 bits per heavy atom. The first kappa shape index (κ1) is 15.4. The highest BCUT2D eigenvalue weighted by atomic mass is 79.9. The van der Waals surface area contributed by atoms with Crippen LogP contribution >= 0.6 is 15.9 Å². The van der Waals surface area contributed by atoms with Crippen molar-refractivity contribution < 1.29 is 12.8 Å². The van der Waals surface area contributed by atoms with E-state index in [2.05, 4.69) is 20.9 Å². The Bertz CT molecular complexity index is 693. The maximum absolute atomic E-state index is 13.8. The van der Waals surface area contributed by atoms with Crippen LogP contribution in [0.3, 0.4) is 0 Å². The Balaban J connectivity index is 2.37. The van der Waals surface area contributed by atoms with Crippen molar-refractivity contribution in [1.29, 1.82) is 5.26 Å². The quantitative estimate of drug-likeness (QED) is 0.821. The molecule has 0 bridgehead atoms. The van der Waals surface area contributed by atoms with E-state index in [0.29, 0.717) is 17.3 Å². The van der Waals surface area contributed by atoms with Crippen LogP contribution in [0.2, 0.25) is 0 Å². The van der Waals surface area contributed by atoms with Crippen molar-refractivity contribution in [3.05, 3.63) is 28.2 Å². The standard InChI is InChI=1S/C12H13BrFN3O2S/c1-11(16,9-4-8(13)5-17-10(9)14)7-20(18,19)12(6-15)2-3-12/h4-5H,2-3,7,16H2,1H3. The van der Waals surface area contributed by atoms with Crippen molar-refractivity contribution in [1.82, 2.24) is 4.98 Å². The van der Waals surface area contributed by atoms with Crippen LogP contribution in [0, 0.1) is 17.3 Å². The number of pyridine rings is 1. The number of hydrogen-bond acceptors (Lipinski definition) is 5. The minimum Gasteiger partial charge on any atom is -0.321 e. The number of nitrogens with zero attached hydrogens (tertiary/aromatic N) is 2. The average Bonchev–Trinajstić information content (AvgIpc) is 3.12. The topological polar surface area (TPSA) is 96.8 Å². The van der Waals surface area contributed by atoms with Gasteiger partial charge in [0.15, 0.2) is 14.6 Å². The summed E-state index contributed by atoms with van der Waals surface area (Å²) in [6.07, 6.45) is 1.88. The summed E-state index contributed by atoms with van der Waals surface area (Å²) in [6.45, 7) is 1.42. The Morgan fingerprint density at radius 1 is 1.65 bits per heavy atom.